The number of rotatable bonds is 11. The van der Waals surface area contributed by atoms with Crippen LogP contribution in [-0.4, -0.2) is 74.7 Å². The zero-order valence-corrected chi connectivity index (χ0v) is 20.0. The van der Waals surface area contributed by atoms with Crippen molar-refractivity contribution < 1.29 is 42.5 Å². The number of aromatic amines is 1. The fourth-order valence-electron chi connectivity index (χ4n) is 3.10. The Morgan fingerprint density at radius 1 is 1.19 bits per heavy atom. The van der Waals surface area contributed by atoms with Crippen molar-refractivity contribution in [3.8, 4) is 0 Å². The summed E-state index contributed by atoms with van der Waals surface area (Å²) in [5, 5.41) is 0. The molecule has 15 heteroatoms. The highest BCUT2D eigenvalue weighted by Gasteiger charge is 2.50. The van der Waals surface area contributed by atoms with E-state index in [1.807, 2.05) is 0 Å². The normalized spacial score (nSPS) is 25.9. The minimum Gasteiger partial charge on any atom is -0.382 e. The van der Waals surface area contributed by atoms with Crippen molar-refractivity contribution in [1.82, 2.24) is 9.55 Å². The Hall–Kier alpha value is -1.14. The lowest BCUT2D eigenvalue weighted by molar-refractivity contribution is -0.0784. The zero-order valence-electron chi connectivity index (χ0n) is 18.2. The first kappa shape index (κ1) is 27.1. The van der Waals surface area contributed by atoms with E-state index >= 15 is 0 Å². The quantitative estimate of drug-likeness (QED) is 0.242. The molecule has 1 aromatic rings. The number of aromatic nitrogens is 2. The van der Waals surface area contributed by atoms with Gasteiger partial charge in [-0.15, -0.1) is 0 Å². The Bertz CT molecular complexity index is 985. The summed E-state index contributed by atoms with van der Waals surface area (Å²) in [5.41, 5.74) is -1.97. The average Bonchev–Trinajstić information content (AvgIpc) is 2.99. The van der Waals surface area contributed by atoms with Gasteiger partial charge in [0.2, 0.25) is 0 Å². The Labute approximate surface area is 184 Å². The molecule has 1 aliphatic heterocycles. The highest BCUT2D eigenvalue weighted by molar-refractivity contribution is 7.53. The molecule has 13 nitrogen and oxygen atoms in total. The summed E-state index contributed by atoms with van der Waals surface area (Å²) in [6, 6.07) is 0. The number of aryl methyl sites for hydroxylation is 1. The standard InChI is InChI=1S/C17H30N2O11P2/c1-10(2)32(25,26)30-13-12(5-8-31(22,23)24)29-16(14(13)28-7-6-27-4)19-9-11(3)15(20)18-17(19)21/h9-10,12-14,16H,5-8H2,1-4H3,(H,25,26)(H,18,20,21)(H2,22,23,24). The summed E-state index contributed by atoms with van der Waals surface area (Å²) in [4.78, 5) is 55.2. The van der Waals surface area contributed by atoms with Gasteiger partial charge in [0.15, 0.2) is 6.23 Å². The number of hydrogen-bond donors (Lipinski definition) is 4. The second-order valence-electron chi connectivity index (χ2n) is 7.78. The largest absolute Gasteiger partial charge is 0.382 e. The maximum Gasteiger partial charge on any atom is 0.331 e. The highest BCUT2D eigenvalue weighted by Crippen LogP contribution is 2.52. The first-order chi connectivity index (χ1) is 14.8. The molecular weight excluding hydrogens is 470 g/mol. The van der Waals surface area contributed by atoms with Gasteiger partial charge in [-0.1, -0.05) is 13.8 Å². The van der Waals surface area contributed by atoms with Gasteiger partial charge in [-0.2, -0.15) is 0 Å². The van der Waals surface area contributed by atoms with Gasteiger partial charge in [0.25, 0.3) is 5.56 Å². The van der Waals surface area contributed by atoms with Crippen LogP contribution in [0.3, 0.4) is 0 Å². The van der Waals surface area contributed by atoms with E-state index < -0.39 is 62.8 Å². The van der Waals surface area contributed by atoms with E-state index in [1.54, 1.807) is 0 Å². The predicted octanol–water partition coefficient (Wildman–Crippen LogP) is 0.321. The summed E-state index contributed by atoms with van der Waals surface area (Å²) >= 11 is 0. The van der Waals surface area contributed by atoms with Crippen LogP contribution < -0.4 is 11.2 Å². The van der Waals surface area contributed by atoms with Crippen LogP contribution in [0.2, 0.25) is 0 Å². The Morgan fingerprint density at radius 3 is 2.41 bits per heavy atom. The summed E-state index contributed by atoms with van der Waals surface area (Å²) in [6.07, 6.45) is -4.19. The molecule has 2 heterocycles. The summed E-state index contributed by atoms with van der Waals surface area (Å²) in [6.45, 7) is 4.61. The molecule has 1 aliphatic rings. The topological polar surface area (TPSA) is 187 Å². The highest BCUT2D eigenvalue weighted by atomic mass is 31.2. The summed E-state index contributed by atoms with van der Waals surface area (Å²) < 4.78 is 47.2. The fraction of sp³-hybridized carbons (Fsp3) is 0.765. The van der Waals surface area contributed by atoms with Crippen LogP contribution in [0.4, 0.5) is 0 Å². The molecule has 0 aromatic carbocycles. The van der Waals surface area contributed by atoms with E-state index in [2.05, 4.69) is 4.98 Å². The molecule has 0 bridgehead atoms. The third-order valence-electron chi connectivity index (χ3n) is 4.93. The molecule has 4 N–H and O–H groups in total. The van der Waals surface area contributed by atoms with E-state index in [0.29, 0.717) is 0 Å². The fourth-order valence-corrected chi connectivity index (χ4v) is 4.54. The first-order valence-corrected chi connectivity index (χ1v) is 13.3. The summed E-state index contributed by atoms with van der Waals surface area (Å²) in [5.74, 6) is 0. The van der Waals surface area contributed by atoms with Gasteiger partial charge in [0, 0.05) is 18.9 Å². The molecule has 0 amide bonds. The number of hydrogen-bond acceptors (Lipinski definition) is 8. The molecule has 5 atom stereocenters. The molecule has 1 aromatic heterocycles. The van der Waals surface area contributed by atoms with Crippen molar-refractivity contribution in [2.24, 2.45) is 0 Å². The predicted molar refractivity (Wildman–Crippen MR) is 113 cm³/mol. The molecule has 32 heavy (non-hydrogen) atoms. The van der Waals surface area contributed by atoms with Gasteiger partial charge in [-0.05, 0) is 13.3 Å². The molecule has 1 fully saturated rings. The van der Waals surface area contributed by atoms with Gasteiger partial charge in [0.05, 0.1) is 31.1 Å². The zero-order chi connectivity index (χ0) is 24.3. The third-order valence-corrected chi connectivity index (χ3v) is 7.62. The molecule has 0 aliphatic carbocycles. The summed E-state index contributed by atoms with van der Waals surface area (Å²) in [7, 11) is -7.15. The molecule has 0 spiro atoms. The minimum atomic E-state index is -4.42. The van der Waals surface area contributed by atoms with Crippen LogP contribution >= 0.6 is 15.2 Å². The maximum absolute atomic E-state index is 12.6. The van der Waals surface area contributed by atoms with Gasteiger partial charge in [0.1, 0.15) is 12.2 Å². The van der Waals surface area contributed by atoms with Crippen molar-refractivity contribution in [2.45, 2.75) is 57.4 Å². The molecule has 5 unspecified atom stereocenters. The third kappa shape index (κ3) is 6.93. The maximum atomic E-state index is 12.6. The first-order valence-electron chi connectivity index (χ1n) is 9.90. The van der Waals surface area contributed by atoms with Crippen LogP contribution in [0.25, 0.3) is 0 Å². The van der Waals surface area contributed by atoms with E-state index in [0.717, 1.165) is 4.57 Å². The van der Waals surface area contributed by atoms with E-state index in [1.165, 1.54) is 34.1 Å². The van der Waals surface area contributed by atoms with Gasteiger partial charge >= 0.3 is 20.9 Å². The molecule has 1 saturated heterocycles. The van der Waals surface area contributed by atoms with Crippen molar-refractivity contribution >= 4 is 15.2 Å². The number of nitrogens with zero attached hydrogens (tertiary/aromatic N) is 1. The van der Waals surface area contributed by atoms with Crippen LogP contribution in [0.1, 0.15) is 32.1 Å². The Balaban J connectivity index is 2.50. The lowest BCUT2D eigenvalue weighted by Crippen LogP contribution is -2.41. The van der Waals surface area contributed by atoms with E-state index in [-0.39, 0.29) is 25.2 Å². The van der Waals surface area contributed by atoms with Crippen molar-refractivity contribution in [2.75, 3.05) is 26.5 Å². The van der Waals surface area contributed by atoms with Crippen LogP contribution in [-0.2, 0) is 27.9 Å². The van der Waals surface area contributed by atoms with Crippen LogP contribution in [0.5, 0.6) is 0 Å². The Kier molecular flexibility index (Phi) is 9.20. The van der Waals surface area contributed by atoms with Crippen LogP contribution in [0, 0.1) is 6.92 Å². The van der Waals surface area contributed by atoms with Crippen molar-refractivity contribution in [3.05, 3.63) is 32.6 Å². The number of ether oxygens (including phenoxy) is 3. The number of nitrogens with one attached hydrogen (secondary N) is 1. The van der Waals surface area contributed by atoms with Crippen molar-refractivity contribution in [1.29, 1.82) is 0 Å². The Morgan fingerprint density at radius 2 is 1.84 bits per heavy atom. The SMILES string of the molecule is COCCOC1C(OP(=O)(O)C(C)C)C(CCP(=O)(O)O)OC1n1cc(C)c(=O)[nH]c1=O. The molecule has 184 valence electrons. The van der Waals surface area contributed by atoms with E-state index in [4.69, 9.17) is 18.7 Å². The smallest absolute Gasteiger partial charge is 0.331 e. The monoisotopic (exact) mass is 500 g/mol. The second-order valence-corrected chi connectivity index (χ2v) is 11.9. The van der Waals surface area contributed by atoms with Gasteiger partial charge < -0.3 is 28.9 Å². The van der Waals surface area contributed by atoms with Gasteiger partial charge in [-0.3, -0.25) is 28.0 Å². The number of H-pyrrole nitrogens is 1. The molecular formula is C17H30N2O11P2. The molecule has 0 saturated carbocycles. The molecule has 2 rings (SSSR count). The van der Waals surface area contributed by atoms with Crippen molar-refractivity contribution in [3.63, 3.8) is 0 Å². The number of methoxy groups -OCH3 is 1. The van der Waals surface area contributed by atoms with E-state index in [9.17, 15) is 33.4 Å². The second kappa shape index (κ2) is 10.9. The lowest BCUT2D eigenvalue weighted by atomic mass is 10.1. The van der Waals surface area contributed by atoms with Gasteiger partial charge in [-0.25, -0.2) is 4.79 Å². The minimum absolute atomic E-state index is 0.0145. The lowest BCUT2D eigenvalue weighted by Gasteiger charge is -2.28. The van der Waals surface area contributed by atoms with Crippen LogP contribution in [0.15, 0.2) is 15.8 Å². The average molecular weight is 500 g/mol. The molecule has 0 radical (unpaired) electrons.